The van der Waals surface area contributed by atoms with Crippen molar-refractivity contribution in [1.82, 2.24) is 0 Å². The van der Waals surface area contributed by atoms with E-state index >= 15 is 0 Å². The first-order chi connectivity index (χ1) is 10.8. The molecule has 0 unspecified atom stereocenters. The summed E-state index contributed by atoms with van der Waals surface area (Å²) in [6.07, 6.45) is -33.4. The Bertz CT molecular complexity index is 348. The molecule has 0 fully saturated rings. The van der Waals surface area contributed by atoms with Gasteiger partial charge in [0.1, 0.15) is 0 Å². The van der Waals surface area contributed by atoms with Gasteiger partial charge in [-0.1, -0.05) is 19.8 Å². The van der Waals surface area contributed by atoms with E-state index < -0.39 is 62.9 Å². The maximum Gasteiger partial charge on any atom is 0.676 e. The van der Waals surface area contributed by atoms with Gasteiger partial charge < -0.3 is 7.58 Å². The molecule has 0 atom stereocenters. The van der Waals surface area contributed by atoms with Crippen molar-refractivity contribution in [1.29, 1.82) is 0 Å². The van der Waals surface area contributed by atoms with Crippen molar-refractivity contribution in [2.75, 3.05) is 0 Å². The standard InChI is InChI=1S/C4H9.2C3HF6O.Al/c1-4(2)3;2*4-2(5,6)1(10)3(7,8)9;/h4H,1H2,2-3H3;2*1H;/q;2*-1;+2. The van der Waals surface area contributed by atoms with Gasteiger partial charge in [-0.3, -0.25) is 0 Å². The van der Waals surface area contributed by atoms with E-state index in [1.807, 2.05) is 0 Å². The van der Waals surface area contributed by atoms with Gasteiger partial charge in [-0.2, -0.15) is 52.7 Å². The van der Waals surface area contributed by atoms with Crippen molar-refractivity contribution in [3.63, 3.8) is 0 Å². The topological polar surface area (TPSA) is 18.5 Å². The summed E-state index contributed by atoms with van der Waals surface area (Å²) in [4.78, 5) is 0. The molecule has 0 aromatic rings. The third-order valence-electron chi connectivity index (χ3n) is 2.43. The highest BCUT2D eigenvalue weighted by atomic mass is 27.2. The summed E-state index contributed by atoms with van der Waals surface area (Å²) in [5, 5.41) is -0.939. The molecule has 0 aliphatic heterocycles. The molecule has 0 amide bonds. The van der Waals surface area contributed by atoms with E-state index in [0.717, 1.165) is 13.8 Å². The van der Waals surface area contributed by atoms with E-state index in [0.29, 0.717) is 0 Å². The minimum absolute atomic E-state index is 0.874. The predicted octanol–water partition coefficient (Wildman–Crippen LogP) is 5.15. The van der Waals surface area contributed by atoms with Crippen molar-refractivity contribution in [2.24, 2.45) is 5.92 Å². The number of rotatable bonds is 6. The Hall–Kier alpha value is -0.388. The average Bonchev–Trinajstić information content (AvgIpc) is 2.25. The lowest BCUT2D eigenvalue weighted by atomic mass is 10.3. The van der Waals surface area contributed by atoms with Crippen molar-refractivity contribution >= 4 is 14.8 Å². The quantitative estimate of drug-likeness (QED) is 0.439. The molecular weight excluding hydrogens is 407 g/mol. The van der Waals surface area contributed by atoms with Gasteiger partial charge in [0.05, 0.1) is 0 Å². The molecule has 0 N–H and O–H groups in total. The van der Waals surface area contributed by atoms with Gasteiger partial charge in [-0.25, -0.2) is 0 Å². The Labute approximate surface area is 138 Å². The summed E-state index contributed by atoms with van der Waals surface area (Å²) in [6.45, 7) is 2.30. The fourth-order valence-corrected chi connectivity index (χ4v) is 3.79. The molecule has 0 bridgehead atoms. The molecule has 0 aromatic carbocycles. The van der Waals surface area contributed by atoms with Crippen LogP contribution in [0.1, 0.15) is 13.8 Å². The molecule has 150 valence electrons. The van der Waals surface area contributed by atoms with Crippen LogP contribution >= 0.6 is 0 Å². The summed E-state index contributed by atoms with van der Waals surface area (Å²) in [7, 11) is 0. The zero-order valence-corrected chi connectivity index (χ0v) is 13.5. The van der Waals surface area contributed by atoms with Crippen LogP contribution in [0.15, 0.2) is 0 Å². The predicted molar refractivity (Wildman–Crippen MR) is 59.4 cm³/mol. The van der Waals surface area contributed by atoms with Crippen LogP contribution in [-0.2, 0) is 7.58 Å². The number of alkyl halides is 12. The van der Waals surface area contributed by atoms with Gasteiger partial charge >= 0.3 is 39.5 Å². The molecule has 0 aliphatic carbocycles. The molecule has 0 radical (unpaired) electrons. The maximum atomic E-state index is 12.4. The van der Waals surface area contributed by atoms with Crippen molar-refractivity contribution in [2.45, 2.75) is 56.0 Å². The monoisotopic (exact) mass is 418 g/mol. The summed E-state index contributed by atoms with van der Waals surface area (Å²) in [6, 6.07) is 0. The van der Waals surface area contributed by atoms with Gasteiger partial charge in [0.25, 0.3) is 0 Å². The Morgan fingerprint density at radius 1 is 0.600 bits per heavy atom. The third kappa shape index (κ3) is 8.70. The van der Waals surface area contributed by atoms with Crippen molar-refractivity contribution in [3.8, 4) is 0 Å². The Balaban J connectivity index is 5.63. The first-order valence-corrected chi connectivity index (χ1v) is 8.10. The fourth-order valence-electron chi connectivity index (χ4n) is 1.51. The van der Waals surface area contributed by atoms with E-state index in [4.69, 9.17) is 0 Å². The summed E-state index contributed by atoms with van der Waals surface area (Å²) < 4.78 is 156. The Kier molecular flexibility index (Phi) is 7.97. The maximum absolute atomic E-state index is 12.4. The molecule has 0 aromatic heterocycles. The van der Waals surface area contributed by atoms with Crippen LogP contribution in [0.3, 0.4) is 0 Å². The zero-order valence-electron chi connectivity index (χ0n) is 12.4. The molecule has 0 aliphatic rings. The van der Waals surface area contributed by atoms with E-state index in [2.05, 4.69) is 7.58 Å². The zero-order chi connectivity index (χ0) is 20.4. The number of hydrogen-bond donors (Lipinski definition) is 0. The van der Waals surface area contributed by atoms with Crippen LogP contribution in [0, 0.1) is 5.92 Å². The van der Waals surface area contributed by atoms with Crippen LogP contribution in [0.5, 0.6) is 0 Å². The lowest BCUT2D eigenvalue weighted by molar-refractivity contribution is -0.318. The van der Waals surface area contributed by atoms with Crippen LogP contribution in [0.2, 0.25) is 5.28 Å². The molecule has 2 nitrogen and oxygen atoms in total. The molecule has 25 heavy (non-hydrogen) atoms. The van der Waals surface area contributed by atoms with Gasteiger partial charge in [-0.05, 0) is 5.28 Å². The number of hydrogen-bond acceptors (Lipinski definition) is 2. The Morgan fingerprint density at radius 2 is 0.840 bits per heavy atom. The van der Waals surface area contributed by atoms with Crippen molar-refractivity contribution < 1.29 is 60.3 Å². The first kappa shape index (κ1) is 24.6. The smallest absolute Gasteiger partial charge is 0.462 e. The van der Waals surface area contributed by atoms with Gasteiger partial charge in [0.2, 0.25) is 12.2 Å². The van der Waals surface area contributed by atoms with Crippen molar-refractivity contribution in [3.05, 3.63) is 0 Å². The van der Waals surface area contributed by atoms with E-state index in [1.54, 1.807) is 0 Å². The van der Waals surface area contributed by atoms with Crippen LogP contribution in [-0.4, -0.2) is 51.7 Å². The Morgan fingerprint density at radius 3 is 1.00 bits per heavy atom. The van der Waals surface area contributed by atoms with Gasteiger partial charge in [-0.15, -0.1) is 0 Å². The molecule has 15 heteroatoms. The number of halogens is 12. The minimum atomic E-state index is -6.09. The molecular formula is C10H11AlF12O2. The molecule has 0 rings (SSSR count). The first-order valence-electron chi connectivity index (χ1n) is 6.34. The highest BCUT2D eigenvalue weighted by Gasteiger charge is 2.63. The molecule has 0 saturated heterocycles. The highest BCUT2D eigenvalue weighted by Crippen LogP contribution is 2.39. The second-order valence-electron chi connectivity index (χ2n) is 5.26. The van der Waals surface area contributed by atoms with Gasteiger partial charge in [0.15, 0.2) is 0 Å². The lowest BCUT2D eigenvalue weighted by Crippen LogP contribution is -2.52. The normalized spacial score (nSPS) is 14.8. The lowest BCUT2D eigenvalue weighted by Gasteiger charge is -2.30. The fraction of sp³-hybridized carbons (Fsp3) is 1.00. The highest BCUT2D eigenvalue weighted by molar-refractivity contribution is 6.44. The second-order valence-corrected chi connectivity index (χ2v) is 7.13. The second kappa shape index (κ2) is 8.10. The largest absolute Gasteiger partial charge is 0.676 e. The van der Waals surface area contributed by atoms with E-state index in [1.165, 1.54) is 0 Å². The minimum Gasteiger partial charge on any atom is -0.462 e. The van der Waals surface area contributed by atoms with Crippen LogP contribution < -0.4 is 0 Å². The van der Waals surface area contributed by atoms with Gasteiger partial charge in [0, 0.05) is 0 Å². The molecule has 0 spiro atoms. The molecule has 0 heterocycles. The van der Waals surface area contributed by atoms with E-state index in [-0.39, 0.29) is 0 Å². The van der Waals surface area contributed by atoms with Crippen LogP contribution in [0.25, 0.3) is 0 Å². The average molecular weight is 418 g/mol. The molecule has 0 saturated carbocycles. The summed E-state index contributed by atoms with van der Waals surface area (Å²) in [5.41, 5.74) is 0. The summed E-state index contributed by atoms with van der Waals surface area (Å²) in [5.74, 6) is -0.874. The SMILES string of the molecule is CC(C)[CH2][Al]([O]C(C(F)(F)F)C(F)(F)F)[O]C(C(F)(F)F)C(F)(F)F. The van der Waals surface area contributed by atoms with E-state index in [9.17, 15) is 52.7 Å². The third-order valence-corrected chi connectivity index (χ3v) is 4.91. The summed E-state index contributed by atoms with van der Waals surface area (Å²) >= 11 is -4.69. The van der Waals surface area contributed by atoms with Crippen LogP contribution in [0.4, 0.5) is 52.7 Å².